The van der Waals surface area contributed by atoms with Crippen molar-refractivity contribution in [2.24, 2.45) is 0 Å². The second-order valence-electron chi connectivity index (χ2n) is 5.87. The summed E-state index contributed by atoms with van der Waals surface area (Å²) in [5.41, 5.74) is 5.05. The highest BCUT2D eigenvalue weighted by Crippen LogP contribution is 2.27. The first kappa shape index (κ1) is 15.4. The molecule has 2 heterocycles. The Morgan fingerprint density at radius 2 is 2.00 bits per heavy atom. The molecule has 2 aromatic heterocycles. The van der Waals surface area contributed by atoms with Crippen LogP contribution in [-0.4, -0.2) is 14.8 Å². The van der Waals surface area contributed by atoms with Crippen molar-refractivity contribution in [3.8, 4) is 17.0 Å². The minimum Gasteiger partial charge on any atom is -0.484 e. The summed E-state index contributed by atoms with van der Waals surface area (Å²) in [6.07, 6.45) is 1.83. The Morgan fingerprint density at radius 1 is 1.12 bits per heavy atom. The second-order valence-corrected chi connectivity index (χ2v) is 5.87. The molecule has 0 amide bonds. The van der Waals surface area contributed by atoms with E-state index in [2.05, 4.69) is 30.0 Å². The van der Waals surface area contributed by atoms with Crippen LogP contribution in [0, 0.1) is 6.92 Å². The first-order valence-electron chi connectivity index (χ1n) is 8.34. The number of hydrogen-bond donors (Lipinski definition) is 0. The first-order valence-corrected chi connectivity index (χ1v) is 8.34. The number of nitrogens with zero attached hydrogens (tertiary/aromatic N) is 3. The molecule has 0 saturated heterocycles. The molecule has 4 rings (SSSR count). The zero-order valence-electron chi connectivity index (χ0n) is 14.3. The largest absolute Gasteiger partial charge is 0.484 e. The molecule has 2 aromatic carbocycles. The van der Waals surface area contributed by atoms with E-state index in [0.29, 0.717) is 12.5 Å². The lowest BCUT2D eigenvalue weighted by Crippen LogP contribution is -2.00. The third-order valence-electron chi connectivity index (χ3n) is 4.19. The van der Waals surface area contributed by atoms with Crippen molar-refractivity contribution in [1.82, 2.24) is 14.8 Å². The topological polar surface area (TPSA) is 53.1 Å². The monoisotopic (exact) mass is 333 g/mol. The number of rotatable bonds is 5. The van der Waals surface area contributed by atoms with Crippen molar-refractivity contribution in [3.05, 3.63) is 66.2 Å². The number of aryl methyl sites for hydroxylation is 2. The average Bonchev–Trinajstić information content (AvgIpc) is 3.26. The molecule has 0 bridgehead atoms. The van der Waals surface area contributed by atoms with Gasteiger partial charge in [-0.3, -0.25) is 4.68 Å². The van der Waals surface area contributed by atoms with Crippen LogP contribution in [0.1, 0.15) is 18.4 Å². The Morgan fingerprint density at radius 3 is 2.80 bits per heavy atom. The van der Waals surface area contributed by atoms with Gasteiger partial charge in [0, 0.05) is 18.3 Å². The highest BCUT2D eigenvalue weighted by atomic mass is 16.5. The standard InChI is InChI=1S/C20H19N3O2/c1-3-23-18(10-11-21-23)16-9-8-15(12-14(16)2)24-13-20-22-17-6-4-5-7-19(17)25-20/h4-12H,3,13H2,1-2H3. The third kappa shape index (κ3) is 3.01. The number of benzene rings is 2. The van der Waals surface area contributed by atoms with E-state index in [0.717, 1.165) is 40.2 Å². The van der Waals surface area contributed by atoms with Gasteiger partial charge in [0.15, 0.2) is 12.2 Å². The molecule has 126 valence electrons. The minimum absolute atomic E-state index is 0.306. The average molecular weight is 333 g/mol. The maximum Gasteiger partial charge on any atom is 0.233 e. The molecular weight excluding hydrogens is 314 g/mol. The van der Waals surface area contributed by atoms with Gasteiger partial charge in [0.05, 0.1) is 5.69 Å². The van der Waals surface area contributed by atoms with E-state index in [1.54, 1.807) is 0 Å². The SMILES string of the molecule is CCn1nccc1-c1ccc(OCc2nc3ccccc3o2)cc1C. The quantitative estimate of drug-likeness (QED) is 0.536. The number of fused-ring (bicyclic) bond motifs is 1. The van der Waals surface area contributed by atoms with Gasteiger partial charge in [-0.15, -0.1) is 0 Å². The Balaban J connectivity index is 1.52. The van der Waals surface area contributed by atoms with E-state index >= 15 is 0 Å². The summed E-state index contributed by atoms with van der Waals surface area (Å²) >= 11 is 0. The van der Waals surface area contributed by atoms with Crippen LogP contribution < -0.4 is 4.74 Å². The Kier molecular flexibility index (Phi) is 3.98. The number of hydrogen-bond acceptors (Lipinski definition) is 4. The summed E-state index contributed by atoms with van der Waals surface area (Å²) in [6, 6.07) is 15.8. The van der Waals surface area contributed by atoms with Crippen LogP contribution >= 0.6 is 0 Å². The zero-order valence-corrected chi connectivity index (χ0v) is 14.3. The van der Waals surface area contributed by atoms with Gasteiger partial charge in [-0.1, -0.05) is 12.1 Å². The molecule has 0 fully saturated rings. The zero-order chi connectivity index (χ0) is 17.2. The Bertz CT molecular complexity index is 984. The van der Waals surface area contributed by atoms with Crippen molar-refractivity contribution in [2.45, 2.75) is 27.0 Å². The van der Waals surface area contributed by atoms with E-state index < -0.39 is 0 Å². The molecule has 0 aliphatic rings. The summed E-state index contributed by atoms with van der Waals surface area (Å²) in [7, 11) is 0. The number of para-hydroxylation sites is 2. The predicted octanol–water partition coefficient (Wildman–Crippen LogP) is 4.60. The summed E-state index contributed by atoms with van der Waals surface area (Å²) in [6.45, 7) is 5.32. The van der Waals surface area contributed by atoms with Gasteiger partial charge in [-0.25, -0.2) is 4.98 Å². The predicted molar refractivity (Wildman–Crippen MR) is 96.4 cm³/mol. The van der Waals surface area contributed by atoms with Crippen molar-refractivity contribution < 1.29 is 9.15 Å². The van der Waals surface area contributed by atoms with E-state index in [1.165, 1.54) is 0 Å². The normalized spacial score (nSPS) is 11.1. The molecule has 0 N–H and O–H groups in total. The van der Waals surface area contributed by atoms with Gasteiger partial charge in [-0.05, 0) is 55.8 Å². The molecule has 0 aliphatic carbocycles. The lowest BCUT2D eigenvalue weighted by atomic mass is 10.1. The van der Waals surface area contributed by atoms with Crippen LogP contribution in [0.15, 0.2) is 59.1 Å². The van der Waals surface area contributed by atoms with E-state index in [9.17, 15) is 0 Å². The molecule has 0 aliphatic heterocycles. The van der Waals surface area contributed by atoms with Crippen LogP contribution in [0.2, 0.25) is 0 Å². The molecule has 0 atom stereocenters. The molecule has 25 heavy (non-hydrogen) atoms. The smallest absolute Gasteiger partial charge is 0.233 e. The van der Waals surface area contributed by atoms with E-state index in [-0.39, 0.29) is 0 Å². The van der Waals surface area contributed by atoms with Crippen molar-refractivity contribution in [1.29, 1.82) is 0 Å². The summed E-state index contributed by atoms with van der Waals surface area (Å²) < 4.78 is 13.5. The summed E-state index contributed by atoms with van der Waals surface area (Å²) in [5, 5.41) is 4.34. The van der Waals surface area contributed by atoms with Gasteiger partial charge >= 0.3 is 0 Å². The second kappa shape index (κ2) is 6.43. The molecule has 0 radical (unpaired) electrons. The van der Waals surface area contributed by atoms with Crippen molar-refractivity contribution in [3.63, 3.8) is 0 Å². The molecule has 5 heteroatoms. The highest BCUT2D eigenvalue weighted by Gasteiger charge is 2.10. The molecule has 0 spiro atoms. The fraction of sp³-hybridized carbons (Fsp3) is 0.200. The third-order valence-corrected chi connectivity index (χ3v) is 4.19. The number of oxazole rings is 1. The minimum atomic E-state index is 0.306. The maximum atomic E-state index is 5.85. The Labute approximate surface area is 145 Å². The van der Waals surface area contributed by atoms with E-state index in [4.69, 9.17) is 9.15 Å². The lowest BCUT2D eigenvalue weighted by Gasteiger charge is -2.10. The molecule has 4 aromatic rings. The van der Waals surface area contributed by atoms with Gasteiger partial charge in [0.25, 0.3) is 0 Å². The van der Waals surface area contributed by atoms with Gasteiger partial charge in [0.1, 0.15) is 11.3 Å². The van der Waals surface area contributed by atoms with Gasteiger partial charge in [0.2, 0.25) is 5.89 Å². The molecule has 0 saturated carbocycles. The fourth-order valence-corrected chi connectivity index (χ4v) is 2.95. The molecule has 5 nitrogen and oxygen atoms in total. The highest BCUT2D eigenvalue weighted by molar-refractivity contribution is 5.72. The summed E-state index contributed by atoms with van der Waals surface area (Å²) in [4.78, 5) is 4.43. The number of aromatic nitrogens is 3. The maximum absolute atomic E-state index is 5.85. The van der Waals surface area contributed by atoms with Crippen LogP contribution in [0.5, 0.6) is 5.75 Å². The van der Waals surface area contributed by atoms with Crippen molar-refractivity contribution in [2.75, 3.05) is 0 Å². The van der Waals surface area contributed by atoms with Crippen molar-refractivity contribution >= 4 is 11.1 Å². The molecule has 0 unspecified atom stereocenters. The van der Waals surface area contributed by atoms with Crippen LogP contribution in [0.25, 0.3) is 22.4 Å². The fourth-order valence-electron chi connectivity index (χ4n) is 2.95. The van der Waals surface area contributed by atoms with Crippen LogP contribution in [0.4, 0.5) is 0 Å². The summed E-state index contributed by atoms with van der Waals surface area (Å²) in [5.74, 6) is 1.37. The van der Waals surface area contributed by atoms with E-state index in [1.807, 2.05) is 53.3 Å². The Hall–Kier alpha value is -3.08. The van der Waals surface area contributed by atoms with Crippen LogP contribution in [-0.2, 0) is 13.2 Å². The lowest BCUT2D eigenvalue weighted by molar-refractivity contribution is 0.267. The van der Waals surface area contributed by atoms with Crippen LogP contribution in [0.3, 0.4) is 0 Å². The number of ether oxygens (including phenoxy) is 1. The van der Waals surface area contributed by atoms with Gasteiger partial charge < -0.3 is 9.15 Å². The van der Waals surface area contributed by atoms with Gasteiger partial charge in [-0.2, -0.15) is 5.10 Å². The molecular formula is C20H19N3O2. The first-order chi connectivity index (χ1) is 12.2.